The average Bonchev–Trinajstić information content (AvgIpc) is 2.56. The minimum atomic E-state index is -0.0530. The molecule has 0 aliphatic rings. The van der Waals surface area contributed by atoms with Crippen LogP contribution in [0, 0.1) is 6.92 Å². The number of carbonyl (C=O) groups excluding carboxylic acids is 1. The predicted molar refractivity (Wildman–Crippen MR) is 97.5 cm³/mol. The molecule has 0 heterocycles. The molecule has 5 heteroatoms. The van der Waals surface area contributed by atoms with Crippen molar-refractivity contribution >= 4 is 23.2 Å². The minimum absolute atomic E-state index is 0.0530. The Morgan fingerprint density at radius 3 is 2.62 bits per heavy atom. The molecular weight excluding hydrogens is 324 g/mol. The van der Waals surface area contributed by atoms with Gasteiger partial charge in [-0.3, -0.25) is 4.79 Å². The Balaban J connectivity index is 1.98. The van der Waals surface area contributed by atoms with Crippen LogP contribution in [0.5, 0.6) is 0 Å². The number of nitrogens with one attached hydrogen (secondary N) is 2. The first-order chi connectivity index (χ1) is 11.6. The third-order valence-electron chi connectivity index (χ3n) is 3.77. The summed E-state index contributed by atoms with van der Waals surface area (Å²) in [6, 6.07) is 15.8. The molecule has 0 spiro atoms. The van der Waals surface area contributed by atoms with E-state index >= 15 is 0 Å². The smallest absolute Gasteiger partial charge is 0.279 e. The molecule has 0 aliphatic carbocycles. The fourth-order valence-corrected chi connectivity index (χ4v) is 2.80. The molecule has 1 atom stereocenters. The van der Waals surface area contributed by atoms with Crippen molar-refractivity contribution in [1.29, 1.82) is 0 Å². The zero-order valence-electron chi connectivity index (χ0n) is 14.1. The summed E-state index contributed by atoms with van der Waals surface area (Å²) in [5.74, 6) is -0.0530. The summed E-state index contributed by atoms with van der Waals surface area (Å²) in [5.41, 5.74) is 2.91. The van der Waals surface area contributed by atoms with Crippen LogP contribution in [0.1, 0.15) is 11.1 Å². The van der Waals surface area contributed by atoms with E-state index in [9.17, 15) is 4.79 Å². The number of halogens is 1. The van der Waals surface area contributed by atoms with Gasteiger partial charge < -0.3 is 15.0 Å². The van der Waals surface area contributed by atoms with Crippen LogP contribution in [0.3, 0.4) is 0 Å². The first kappa shape index (κ1) is 18.5. The quantitative estimate of drug-likeness (QED) is 0.769. The number of hydrogen-bond acceptors (Lipinski definition) is 2. The SMILES string of the molecule is COCC[NH+](CC(=O)Nc1ccc(C)cc1Cl)Cc1ccccc1. The number of aryl methyl sites for hydroxylation is 1. The van der Waals surface area contributed by atoms with Gasteiger partial charge in [-0.25, -0.2) is 0 Å². The molecule has 1 unspecified atom stereocenters. The Bertz CT molecular complexity index is 662. The van der Waals surface area contributed by atoms with Gasteiger partial charge in [-0.05, 0) is 24.6 Å². The number of rotatable bonds is 8. The maximum Gasteiger partial charge on any atom is 0.279 e. The minimum Gasteiger partial charge on any atom is -0.379 e. The summed E-state index contributed by atoms with van der Waals surface area (Å²) in [4.78, 5) is 13.5. The molecule has 2 aromatic rings. The van der Waals surface area contributed by atoms with Gasteiger partial charge in [0, 0.05) is 12.7 Å². The summed E-state index contributed by atoms with van der Waals surface area (Å²) in [7, 11) is 1.67. The van der Waals surface area contributed by atoms with Crippen LogP contribution in [-0.2, 0) is 16.1 Å². The molecule has 128 valence electrons. The first-order valence-electron chi connectivity index (χ1n) is 8.01. The summed E-state index contributed by atoms with van der Waals surface area (Å²) < 4.78 is 5.17. The van der Waals surface area contributed by atoms with Gasteiger partial charge in [-0.2, -0.15) is 0 Å². The summed E-state index contributed by atoms with van der Waals surface area (Å²) in [6.45, 7) is 4.48. The van der Waals surface area contributed by atoms with E-state index < -0.39 is 0 Å². The van der Waals surface area contributed by atoms with Crippen molar-refractivity contribution < 1.29 is 14.4 Å². The molecule has 0 aromatic heterocycles. The van der Waals surface area contributed by atoms with Gasteiger partial charge in [0.25, 0.3) is 5.91 Å². The highest BCUT2D eigenvalue weighted by molar-refractivity contribution is 6.33. The number of methoxy groups -OCH3 is 1. The van der Waals surface area contributed by atoms with Gasteiger partial charge >= 0.3 is 0 Å². The standard InChI is InChI=1S/C19H23ClN2O2/c1-15-8-9-18(17(20)12-15)21-19(23)14-22(10-11-24-2)13-16-6-4-3-5-7-16/h3-9,12H,10-11,13-14H2,1-2H3,(H,21,23)/p+1. The molecule has 2 N–H and O–H groups in total. The lowest BCUT2D eigenvalue weighted by Crippen LogP contribution is -3.12. The van der Waals surface area contributed by atoms with Crippen molar-refractivity contribution in [3.8, 4) is 0 Å². The molecule has 0 saturated heterocycles. The number of quaternary nitrogens is 1. The molecule has 0 bridgehead atoms. The summed E-state index contributed by atoms with van der Waals surface area (Å²) in [6.07, 6.45) is 0. The number of amides is 1. The summed E-state index contributed by atoms with van der Waals surface area (Å²) in [5, 5.41) is 3.46. The van der Waals surface area contributed by atoms with Gasteiger partial charge in [-0.15, -0.1) is 0 Å². The Kier molecular flexibility index (Phi) is 7.25. The molecule has 0 fully saturated rings. The van der Waals surface area contributed by atoms with Crippen molar-refractivity contribution in [3.63, 3.8) is 0 Å². The lowest BCUT2D eigenvalue weighted by Gasteiger charge is -2.19. The molecule has 2 rings (SSSR count). The maximum absolute atomic E-state index is 12.4. The number of carbonyl (C=O) groups is 1. The van der Waals surface area contributed by atoms with Crippen LogP contribution in [-0.4, -0.2) is 32.7 Å². The van der Waals surface area contributed by atoms with Crippen molar-refractivity contribution in [2.75, 3.05) is 32.1 Å². The van der Waals surface area contributed by atoms with Crippen LogP contribution < -0.4 is 10.2 Å². The Morgan fingerprint density at radius 1 is 1.21 bits per heavy atom. The van der Waals surface area contributed by atoms with Crippen LogP contribution in [0.4, 0.5) is 5.69 Å². The zero-order valence-corrected chi connectivity index (χ0v) is 14.9. The van der Waals surface area contributed by atoms with E-state index in [4.69, 9.17) is 16.3 Å². The molecule has 1 amide bonds. The number of anilines is 1. The van der Waals surface area contributed by atoms with Crippen LogP contribution in [0.25, 0.3) is 0 Å². The Hall–Kier alpha value is -1.88. The van der Waals surface area contributed by atoms with E-state index in [1.165, 1.54) is 5.56 Å². The van der Waals surface area contributed by atoms with Crippen LogP contribution in [0.2, 0.25) is 5.02 Å². The third kappa shape index (κ3) is 5.96. The second-order valence-electron chi connectivity index (χ2n) is 5.86. The van der Waals surface area contributed by atoms with Gasteiger partial charge in [0.15, 0.2) is 6.54 Å². The van der Waals surface area contributed by atoms with Crippen molar-refractivity contribution in [3.05, 3.63) is 64.7 Å². The second kappa shape index (κ2) is 9.42. The van der Waals surface area contributed by atoms with Gasteiger partial charge in [0.2, 0.25) is 0 Å². The highest BCUT2D eigenvalue weighted by atomic mass is 35.5. The van der Waals surface area contributed by atoms with E-state index in [0.29, 0.717) is 23.9 Å². The van der Waals surface area contributed by atoms with E-state index in [-0.39, 0.29) is 5.91 Å². The van der Waals surface area contributed by atoms with Crippen molar-refractivity contribution in [1.82, 2.24) is 0 Å². The van der Waals surface area contributed by atoms with Crippen molar-refractivity contribution in [2.24, 2.45) is 0 Å². The van der Waals surface area contributed by atoms with E-state index in [1.54, 1.807) is 7.11 Å². The molecular formula is C19H24ClN2O2+. The van der Waals surface area contributed by atoms with Gasteiger partial charge in [-0.1, -0.05) is 48.0 Å². The Morgan fingerprint density at radius 2 is 1.96 bits per heavy atom. The fourth-order valence-electron chi connectivity index (χ4n) is 2.51. The van der Waals surface area contributed by atoms with Crippen LogP contribution in [0.15, 0.2) is 48.5 Å². The van der Waals surface area contributed by atoms with Gasteiger partial charge in [0.1, 0.15) is 13.1 Å². The van der Waals surface area contributed by atoms with Crippen molar-refractivity contribution in [2.45, 2.75) is 13.5 Å². The lowest BCUT2D eigenvalue weighted by molar-refractivity contribution is -0.906. The average molecular weight is 348 g/mol. The highest BCUT2D eigenvalue weighted by Gasteiger charge is 2.16. The van der Waals surface area contributed by atoms with E-state index in [2.05, 4.69) is 17.4 Å². The predicted octanol–water partition coefficient (Wildman–Crippen LogP) is 2.32. The van der Waals surface area contributed by atoms with E-state index in [1.807, 2.05) is 43.3 Å². The van der Waals surface area contributed by atoms with E-state index in [0.717, 1.165) is 23.6 Å². The number of ether oxygens (including phenoxy) is 1. The van der Waals surface area contributed by atoms with Crippen LogP contribution >= 0.6 is 11.6 Å². The first-order valence-corrected chi connectivity index (χ1v) is 8.38. The fraction of sp³-hybridized carbons (Fsp3) is 0.316. The molecule has 0 aliphatic heterocycles. The molecule has 4 nitrogen and oxygen atoms in total. The lowest BCUT2D eigenvalue weighted by atomic mass is 10.2. The summed E-state index contributed by atoms with van der Waals surface area (Å²) >= 11 is 6.18. The molecule has 24 heavy (non-hydrogen) atoms. The third-order valence-corrected chi connectivity index (χ3v) is 4.08. The zero-order chi connectivity index (χ0) is 17.4. The normalized spacial score (nSPS) is 12.0. The van der Waals surface area contributed by atoms with Gasteiger partial charge in [0.05, 0.1) is 17.3 Å². The number of hydrogen-bond donors (Lipinski definition) is 2. The Labute approximate surface area is 148 Å². The molecule has 0 saturated carbocycles. The monoisotopic (exact) mass is 347 g/mol. The molecule has 0 radical (unpaired) electrons. The molecule has 2 aromatic carbocycles. The topological polar surface area (TPSA) is 42.8 Å². The number of benzene rings is 2. The highest BCUT2D eigenvalue weighted by Crippen LogP contribution is 2.22. The largest absolute Gasteiger partial charge is 0.379 e. The second-order valence-corrected chi connectivity index (χ2v) is 6.27. The maximum atomic E-state index is 12.4.